The van der Waals surface area contributed by atoms with Crippen LogP contribution in [0.1, 0.15) is 175 Å². The van der Waals surface area contributed by atoms with Crippen LogP contribution < -0.4 is 0 Å². The van der Waals surface area contributed by atoms with E-state index in [9.17, 15) is 14.4 Å². The van der Waals surface area contributed by atoms with Crippen LogP contribution in [0.15, 0.2) is 97.2 Å². The second kappa shape index (κ2) is 43.1. The van der Waals surface area contributed by atoms with E-state index in [0.29, 0.717) is 19.3 Å². The Kier molecular flexibility index (Phi) is 40.2. The van der Waals surface area contributed by atoms with Gasteiger partial charge in [-0.25, -0.2) is 0 Å². The first kappa shape index (κ1) is 51.3. The average Bonchev–Trinajstić information content (AvgIpc) is 3.18. The van der Waals surface area contributed by atoms with Crippen molar-refractivity contribution in [1.82, 2.24) is 0 Å². The van der Waals surface area contributed by atoms with Crippen molar-refractivity contribution in [3.05, 3.63) is 97.2 Å². The fourth-order valence-corrected chi connectivity index (χ4v) is 5.37. The van der Waals surface area contributed by atoms with Crippen LogP contribution in [-0.4, -0.2) is 37.2 Å². The highest BCUT2D eigenvalue weighted by Gasteiger charge is 2.19. The van der Waals surface area contributed by atoms with Crippen LogP contribution >= 0.6 is 0 Å². The minimum absolute atomic E-state index is 0.108. The Balaban J connectivity index is 4.44. The smallest absolute Gasteiger partial charge is 0.306 e. The normalized spacial score (nSPS) is 13.0. The molecule has 0 heterocycles. The fourth-order valence-electron chi connectivity index (χ4n) is 5.37. The van der Waals surface area contributed by atoms with Crippen molar-refractivity contribution < 1.29 is 28.6 Å². The number of hydrogen-bond donors (Lipinski definition) is 0. The molecule has 0 aliphatic heterocycles. The third-order valence-corrected chi connectivity index (χ3v) is 8.65. The van der Waals surface area contributed by atoms with E-state index < -0.39 is 6.10 Å². The maximum Gasteiger partial charge on any atom is 0.306 e. The van der Waals surface area contributed by atoms with Gasteiger partial charge in [-0.3, -0.25) is 14.4 Å². The monoisotopic (exact) mass is 763 g/mol. The van der Waals surface area contributed by atoms with Crippen molar-refractivity contribution >= 4 is 17.9 Å². The van der Waals surface area contributed by atoms with Gasteiger partial charge in [-0.15, -0.1) is 0 Å². The highest BCUT2D eigenvalue weighted by molar-refractivity contribution is 5.71. The number of esters is 3. The molecule has 1 atom stereocenters. The third kappa shape index (κ3) is 41.3. The lowest BCUT2D eigenvalue weighted by atomic mass is 10.1. The lowest BCUT2D eigenvalue weighted by Gasteiger charge is -2.18. The van der Waals surface area contributed by atoms with E-state index in [1.807, 2.05) is 36.5 Å². The Morgan fingerprint density at radius 1 is 0.400 bits per heavy atom. The van der Waals surface area contributed by atoms with E-state index in [2.05, 4.69) is 81.5 Å². The molecule has 6 heteroatoms. The van der Waals surface area contributed by atoms with Crippen LogP contribution in [0.4, 0.5) is 0 Å². The maximum absolute atomic E-state index is 12.6. The van der Waals surface area contributed by atoms with Crippen molar-refractivity contribution in [2.75, 3.05) is 13.2 Å². The molecule has 0 fully saturated rings. The molecule has 0 bridgehead atoms. The molecule has 0 N–H and O–H groups in total. The summed E-state index contributed by atoms with van der Waals surface area (Å²) in [5, 5.41) is 0. The molecule has 0 radical (unpaired) electrons. The van der Waals surface area contributed by atoms with Gasteiger partial charge in [0.15, 0.2) is 6.10 Å². The van der Waals surface area contributed by atoms with E-state index in [0.717, 1.165) is 116 Å². The first-order valence-corrected chi connectivity index (χ1v) is 21.8. The molecule has 0 aromatic carbocycles. The number of unbranched alkanes of at least 4 members (excludes halogenated alkanes) is 14. The van der Waals surface area contributed by atoms with E-state index in [1.54, 1.807) is 0 Å². The van der Waals surface area contributed by atoms with Crippen molar-refractivity contribution in [3.63, 3.8) is 0 Å². The summed E-state index contributed by atoms with van der Waals surface area (Å²) in [5.74, 6) is -0.996. The second-order valence-electron chi connectivity index (χ2n) is 14.0. The summed E-state index contributed by atoms with van der Waals surface area (Å²) in [4.78, 5) is 37.6. The molecule has 310 valence electrons. The van der Waals surface area contributed by atoms with Gasteiger partial charge in [0.1, 0.15) is 13.2 Å². The lowest BCUT2D eigenvalue weighted by Crippen LogP contribution is -2.30. The van der Waals surface area contributed by atoms with E-state index in [4.69, 9.17) is 14.2 Å². The predicted octanol–water partition coefficient (Wildman–Crippen LogP) is 13.9. The van der Waals surface area contributed by atoms with Gasteiger partial charge in [0.2, 0.25) is 0 Å². The molecule has 0 aromatic rings. The van der Waals surface area contributed by atoms with Gasteiger partial charge in [0, 0.05) is 19.3 Å². The molecule has 0 spiro atoms. The number of hydrogen-bond acceptors (Lipinski definition) is 6. The van der Waals surface area contributed by atoms with Gasteiger partial charge < -0.3 is 14.2 Å². The molecule has 0 aliphatic rings. The van der Waals surface area contributed by atoms with Crippen molar-refractivity contribution in [2.24, 2.45) is 0 Å². The molecular formula is C49H78O6. The Morgan fingerprint density at radius 2 is 0.818 bits per heavy atom. The van der Waals surface area contributed by atoms with Crippen molar-refractivity contribution in [1.29, 1.82) is 0 Å². The predicted molar refractivity (Wildman–Crippen MR) is 233 cm³/mol. The molecule has 0 aromatic heterocycles. The van der Waals surface area contributed by atoms with Crippen LogP contribution in [0.5, 0.6) is 0 Å². The van der Waals surface area contributed by atoms with Gasteiger partial charge in [-0.05, 0) is 83.5 Å². The quantitative estimate of drug-likeness (QED) is 0.0206. The van der Waals surface area contributed by atoms with E-state index in [1.165, 1.54) is 19.3 Å². The molecule has 0 saturated heterocycles. The maximum atomic E-state index is 12.6. The van der Waals surface area contributed by atoms with E-state index >= 15 is 0 Å². The second-order valence-corrected chi connectivity index (χ2v) is 14.0. The summed E-state index contributed by atoms with van der Waals surface area (Å²) in [7, 11) is 0. The SMILES string of the molecule is CC/C=C\C/C=C\CCCCC(=O)OCC(COC(=O)CCCCCCC\C=C/C=C\C=C/C=C\C=C/CCC)OC(=O)CCCCCC/C=C\CCCC. The fraction of sp³-hybridized carbons (Fsp3) is 0.612. The van der Waals surface area contributed by atoms with Crippen LogP contribution in [-0.2, 0) is 28.6 Å². The van der Waals surface area contributed by atoms with Crippen LogP contribution in [0.2, 0.25) is 0 Å². The molecular weight excluding hydrogens is 685 g/mol. The number of carbonyl (C=O) groups is 3. The van der Waals surface area contributed by atoms with Gasteiger partial charge in [0.25, 0.3) is 0 Å². The minimum Gasteiger partial charge on any atom is -0.462 e. The first-order valence-electron chi connectivity index (χ1n) is 21.8. The van der Waals surface area contributed by atoms with Crippen molar-refractivity contribution in [3.8, 4) is 0 Å². The Morgan fingerprint density at radius 3 is 1.38 bits per heavy atom. The van der Waals surface area contributed by atoms with E-state index in [-0.39, 0.29) is 31.1 Å². The zero-order valence-corrected chi connectivity index (χ0v) is 35.1. The first-order chi connectivity index (χ1) is 27.0. The topological polar surface area (TPSA) is 78.9 Å². The largest absolute Gasteiger partial charge is 0.462 e. The van der Waals surface area contributed by atoms with Crippen LogP contribution in [0.25, 0.3) is 0 Å². The average molecular weight is 763 g/mol. The number of allylic oxidation sites excluding steroid dienone is 16. The zero-order valence-electron chi connectivity index (χ0n) is 35.1. The summed E-state index contributed by atoms with van der Waals surface area (Å²) in [6.45, 7) is 6.28. The molecule has 0 saturated carbocycles. The summed E-state index contributed by atoms with van der Waals surface area (Å²) >= 11 is 0. The third-order valence-electron chi connectivity index (χ3n) is 8.65. The molecule has 0 aliphatic carbocycles. The summed E-state index contributed by atoms with van der Waals surface area (Å²) < 4.78 is 16.6. The highest BCUT2D eigenvalue weighted by atomic mass is 16.6. The number of ether oxygens (including phenoxy) is 3. The Hall–Kier alpha value is -3.67. The van der Waals surface area contributed by atoms with Crippen LogP contribution in [0, 0.1) is 0 Å². The summed E-state index contributed by atoms with van der Waals surface area (Å²) in [6, 6.07) is 0. The van der Waals surface area contributed by atoms with Gasteiger partial charge in [-0.2, -0.15) is 0 Å². The highest BCUT2D eigenvalue weighted by Crippen LogP contribution is 2.12. The number of rotatable bonds is 37. The Labute approximate surface area is 337 Å². The number of carbonyl (C=O) groups excluding carboxylic acids is 3. The molecule has 6 nitrogen and oxygen atoms in total. The molecule has 55 heavy (non-hydrogen) atoms. The summed E-state index contributed by atoms with van der Waals surface area (Å²) in [6.07, 6.45) is 55.4. The van der Waals surface area contributed by atoms with Crippen molar-refractivity contribution in [2.45, 2.75) is 181 Å². The molecule has 0 amide bonds. The minimum atomic E-state index is -0.804. The molecule has 1 unspecified atom stereocenters. The van der Waals surface area contributed by atoms with Gasteiger partial charge in [-0.1, -0.05) is 169 Å². The molecule has 0 rings (SSSR count). The lowest BCUT2D eigenvalue weighted by molar-refractivity contribution is -0.167. The zero-order chi connectivity index (χ0) is 40.1. The standard InChI is InChI=1S/C49H78O6/c1-4-7-10-13-16-19-21-22-23-24-25-26-27-28-31-33-36-39-42-48(51)54-45-46(44-53-47(50)41-38-35-32-29-18-15-12-9-6-3)55-49(52)43-40-37-34-30-20-17-14-11-8-5-2/h9-10,12-14,16-19,21-26,29,46H,4-8,11,15,20,27-28,30-45H2,1-3H3/b12-9-,13-10-,17-14-,19-16-,22-21-,24-23-,26-25-,29-18-. The van der Waals surface area contributed by atoms with Gasteiger partial charge in [0.05, 0.1) is 0 Å². The van der Waals surface area contributed by atoms with Gasteiger partial charge >= 0.3 is 17.9 Å². The Bertz CT molecular complexity index is 1150. The summed E-state index contributed by atoms with van der Waals surface area (Å²) in [5.41, 5.74) is 0. The van der Waals surface area contributed by atoms with Crippen LogP contribution in [0.3, 0.4) is 0 Å².